The van der Waals surface area contributed by atoms with E-state index >= 15 is 0 Å². The van der Waals surface area contributed by atoms with Gasteiger partial charge in [-0.3, -0.25) is 0 Å². The third kappa shape index (κ3) is 2.10. The molecule has 1 nitrogen and oxygen atoms in total. The molecule has 0 heterocycles. The second-order valence-electron chi connectivity index (χ2n) is 2.29. The summed E-state index contributed by atoms with van der Waals surface area (Å²) in [5, 5.41) is 0. The summed E-state index contributed by atoms with van der Waals surface area (Å²) in [7, 11) is 1.75. The van der Waals surface area contributed by atoms with E-state index in [1.165, 1.54) is 5.56 Å². The molecular weight excluding hydrogens is 135 g/mol. The van der Waals surface area contributed by atoms with Gasteiger partial charge in [-0.15, -0.1) is 0 Å². The van der Waals surface area contributed by atoms with E-state index in [-0.39, 0.29) is 0 Å². The van der Waals surface area contributed by atoms with E-state index in [0.29, 0.717) is 3.35 Å². The molecule has 48 valence electrons. The fourth-order valence-corrected chi connectivity index (χ4v) is 1.25. The van der Waals surface area contributed by atoms with Gasteiger partial charge in [0.2, 0.25) is 0 Å². The molecule has 1 aromatic carbocycles. The molecule has 0 fully saturated rings. The Morgan fingerprint density at radius 3 is 2.40 bits per heavy atom. The Morgan fingerprint density at radius 1 is 1.30 bits per heavy atom. The van der Waals surface area contributed by atoms with Crippen LogP contribution in [-0.4, -0.2) is 35.0 Å². The maximum atomic E-state index is 5.20. The molecule has 1 aromatic rings. The number of rotatable bonds is 2. The van der Waals surface area contributed by atoms with Gasteiger partial charge >= 0.3 is 79.0 Å². The van der Waals surface area contributed by atoms with Crippen LogP contribution in [0.3, 0.4) is 0 Å². The van der Waals surface area contributed by atoms with Gasteiger partial charge in [0.1, 0.15) is 0 Å². The summed E-state index contributed by atoms with van der Waals surface area (Å²) in [4.78, 5) is 0. The van der Waals surface area contributed by atoms with Crippen LogP contribution in [-0.2, 0) is 4.74 Å². The van der Waals surface area contributed by atoms with Crippen molar-refractivity contribution < 1.29 is 4.74 Å². The molecule has 0 aliphatic carbocycles. The van der Waals surface area contributed by atoms with Crippen molar-refractivity contribution >= 4 is 27.9 Å². The van der Waals surface area contributed by atoms with Gasteiger partial charge in [0.25, 0.3) is 0 Å². The Labute approximate surface area is 78.8 Å². The van der Waals surface area contributed by atoms with E-state index in [2.05, 4.69) is 12.1 Å². The molecule has 0 bridgehead atoms. The van der Waals surface area contributed by atoms with Gasteiger partial charge in [-0.25, -0.2) is 0 Å². The first-order chi connectivity index (χ1) is 4.84. The van der Waals surface area contributed by atoms with Crippen molar-refractivity contribution in [2.45, 2.75) is 3.35 Å². The van der Waals surface area contributed by atoms with Crippen molar-refractivity contribution in [3.8, 4) is 0 Å². The quantitative estimate of drug-likeness (QED) is 0.571. The molecule has 0 saturated carbocycles. The van der Waals surface area contributed by atoms with Crippen molar-refractivity contribution in [3.05, 3.63) is 35.9 Å². The Hall–Kier alpha value is 0.180. The third-order valence-electron chi connectivity index (χ3n) is 1.62. The second-order valence-corrected chi connectivity index (χ2v) is 3.34. The van der Waals surface area contributed by atoms with Crippen molar-refractivity contribution in [2.75, 3.05) is 7.11 Å². The normalized spacial score (nSPS) is 13.1. The van der Waals surface area contributed by atoms with Gasteiger partial charge in [0.05, 0.1) is 0 Å². The standard InChI is InChI=1S/C8H9O.Na/c1-9-7-8-5-3-2-4-6-8;/h2-7H,1H3;. The summed E-state index contributed by atoms with van der Waals surface area (Å²) in [5.41, 5.74) is 1.29. The van der Waals surface area contributed by atoms with Crippen molar-refractivity contribution in [2.24, 2.45) is 0 Å². The van der Waals surface area contributed by atoms with E-state index < -0.39 is 0 Å². The molecule has 0 aliphatic rings. The number of ether oxygens (including phenoxy) is 1. The molecule has 1 rings (SSSR count). The topological polar surface area (TPSA) is 9.23 Å². The first kappa shape index (κ1) is 8.28. The summed E-state index contributed by atoms with van der Waals surface area (Å²) in [5.74, 6) is 0. The molecule has 0 spiro atoms. The maximum absolute atomic E-state index is 5.20. The third-order valence-corrected chi connectivity index (χ3v) is 2.76. The summed E-state index contributed by atoms with van der Waals surface area (Å²) in [6, 6.07) is 10.3. The molecule has 0 N–H and O–H groups in total. The molecule has 1 unspecified atom stereocenters. The van der Waals surface area contributed by atoms with E-state index in [0.717, 1.165) is 27.9 Å². The second kappa shape index (κ2) is 4.14. The number of hydrogen-bond acceptors (Lipinski definition) is 1. The van der Waals surface area contributed by atoms with Crippen LogP contribution in [0.4, 0.5) is 0 Å². The first-order valence-corrected chi connectivity index (χ1v) is 4.58. The minimum absolute atomic E-state index is 0.348. The van der Waals surface area contributed by atoms with E-state index in [1.807, 2.05) is 18.2 Å². The predicted octanol–water partition coefficient (Wildman–Crippen LogP) is 1.50. The average Bonchev–Trinajstić information content (AvgIpc) is 2.05. The number of hydrogen-bond donors (Lipinski definition) is 0. The van der Waals surface area contributed by atoms with E-state index in [9.17, 15) is 0 Å². The average molecular weight is 144 g/mol. The summed E-state index contributed by atoms with van der Waals surface area (Å²) >= 11 is 1.06. The van der Waals surface area contributed by atoms with Crippen LogP contribution < -0.4 is 0 Å². The van der Waals surface area contributed by atoms with Gasteiger partial charge in [-0.05, 0) is 0 Å². The van der Waals surface area contributed by atoms with Crippen LogP contribution in [0.5, 0.6) is 0 Å². The van der Waals surface area contributed by atoms with Crippen LogP contribution >= 0.6 is 0 Å². The molecule has 0 amide bonds. The van der Waals surface area contributed by atoms with Crippen molar-refractivity contribution in [3.63, 3.8) is 0 Å². The first-order valence-electron chi connectivity index (χ1n) is 3.42. The van der Waals surface area contributed by atoms with Gasteiger partial charge in [-0.2, -0.15) is 0 Å². The predicted molar refractivity (Wildman–Crippen MR) is 41.9 cm³/mol. The summed E-state index contributed by atoms with van der Waals surface area (Å²) < 4.78 is 5.55. The van der Waals surface area contributed by atoms with Crippen LogP contribution in [0, 0.1) is 0 Å². The Balaban J connectivity index is 2.75. The SMILES string of the molecule is CO[CH]([Na])c1ccccc1. The fourth-order valence-electron chi connectivity index (χ4n) is 0.860. The molecule has 1 atom stereocenters. The van der Waals surface area contributed by atoms with E-state index in [4.69, 9.17) is 4.74 Å². The number of benzene rings is 1. The van der Waals surface area contributed by atoms with Gasteiger partial charge < -0.3 is 0 Å². The molecule has 0 radical (unpaired) electrons. The molecule has 0 aromatic heterocycles. The van der Waals surface area contributed by atoms with Gasteiger partial charge in [0.15, 0.2) is 0 Å². The van der Waals surface area contributed by atoms with Gasteiger partial charge in [0, 0.05) is 0 Å². The fraction of sp³-hybridized carbons (Fsp3) is 0.250. The van der Waals surface area contributed by atoms with Crippen LogP contribution in [0.15, 0.2) is 30.3 Å². The zero-order valence-corrected chi connectivity index (χ0v) is 8.37. The van der Waals surface area contributed by atoms with Crippen LogP contribution in [0.25, 0.3) is 0 Å². The molecule has 0 saturated heterocycles. The molecule has 0 aliphatic heterocycles. The zero-order chi connectivity index (χ0) is 7.40. The van der Waals surface area contributed by atoms with Crippen molar-refractivity contribution in [1.29, 1.82) is 0 Å². The van der Waals surface area contributed by atoms with Crippen LogP contribution in [0.1, 0.15) is 8.92 Å². The van der Waals surface area contributed by atoms with Crippen LogP contribution in [0.2, 0.25) is 0 Å². The zero-order valence-electron chi connectivity index (χ0n) is 6.37. The van der Waals surface area contributed by atoms with E-state index in [1.54, 1.807) is 7.11 Å². The minimum atomic E-state index is 0.348. The molecule has 2 heteroatoms. The summed E-state index contributed by atoms with van der Waals surface area (Å²) in [6.07, 6.45) is 0. The van der Waals surface area contributed by atoms with Crippen molar-refractivity contribution in [1.82, 2.24) is 0 Å². The Bertz CT molecular complexity index is 186. The number of methoxy groups -OCH3 is 1. The Morgan fingerprint density at radius 2 is 1.90 bits per heavy atom. The Kier molecular flexibility index (Phi) is 3.43. The monoisotopic (exact) mass is 144 g/mol. The summed E-state index contributed by atoms with van der Waals surface area (Å²) in [6.45, 7) is 0. The molecular formula is C8H9NaO. The van der Waals surface area contributed by atoms with Gasteiger partial charge in [-0.1, -0.05) is 0 Å². The molecule has 10 heavy (non-hydrogen) atoms.